The minimum absolute atomic E-state index is 0.00808. The normalized spacial score (nSPS) is 29.6. The largest absolute Gasteiger partial charge is 0.508 e. The number of Topliss-reactive ketones (excluding diaryl/α,β-unsaturated/α-hetero) is 4. The molecule has 2 aromatic carbocycles. The third kappa shape index (κ3) is 4.13. The van der Waals surface area contributed by atoms with Crippen molar-refractivity contribution in [2.75, 3.05) is 14.1 Å². The molecule has 210 valence electrons. The van der Waals surface area contributed by atoms with Crippen molar-refractivity contribution in [3.05, 3.63) is 58.7 Å². The second-order valence-electron chi connectivity index (χ2n) is 11.4. The van der Waals surface area contributed by atoms with Crippen molar-refractivity contribution in [2.45, 2.75) is 43.7 Å². The molecular weight excluding hydrogens is 516 g/mol. The highest BCUT2D eigenvalue weighted by Gasteiger charge is 2.69. The van der Waals surface area contributed by atoms with Crippen LogP contribution in [0.1, 0.15) is 39.9 Å². The minimum atomic E-state index is -2.73. The molecule has 0 aromatic heterocycles. The highest BCUT2D eigenvalue weighted by atomic mass is 16.3. The maximum atomic E-state index is 13.9. The molecule has 0 aliphatic heterocycles. The standard InChI is InChI=1S/C30H32N2O8/c1-32(2)24-19-13-16-12-18-15(5-3-4-14-6-9-17(33)10-7-14)8-11-20(34)22(18)25(35)21(16)27(37)30(19,40)28(38)23(26(24)36)29(31)39/h6-11,16,19,21,23-24,33-34,40H,3-5,12-13H2,1-2H3,(H2,31,39)/t16-,19-,21?,23?,24-,30-/m1/s1. The molecule has 0 radical (unpaired) electrons. The van der Waals surface area contributed by atoms with Gasteiger partial charge in [-0.05, 0) is 87.0 Å². The topological polar surface area (TPSA) is 175 Å². The quantitative estimate of drug-likeness (QED) is 0.380. The van der Waals surface area contributed by atoms with Crippen LogP contribution in [0.4, 0.5) is 0 Å². The lowest BCUT2D eigenvalue weighted by molar-refractivity contribution is -0.181. The van der Waals surface area contributed by atoms with E-state index < -0.39 is 64.4 Å². The Labute approximate surface area is 230 Å². The second kappa shape index (κ2) is 9.94. The molecule has 2 aromatic rings. The summed E-state index contributed by atoms with van der Waals surface area (Å²) in [6.07, 6.45) is 2.30. The van der Waals surface area contributed by atoms with E-state index in [4.69, 9.17) is 5.73 Å². The van der Waals surface area contributed by atoms with Crippen LogP contribution < -0.4 is 5.73 Å². The Bertz CT molecular complexity index is 1430. The van der Waals surface area contributed by atoms with Crippen LogP contribution in [0.25, 0.3) is 0 Å². The van der Waals surface area contributed by atoms with Gasteiger partial charge in [0.15, 0.2) is 34.7 Å². The Balaban J connectivity index is 1.50. The van der Waals surface area contributed by atoms with Crippen molar-refractivity contribution in [1.82, 2.24) is 4.90 Å². The zero-order chi connectivity index (χ0) is 29.1. The van der Waals surface area contributed by atoms with E-state index in [1.165, 1.54) is 11.0 Å². The van der Waals surface area contributed by atoms with Crippen LogP contribution in [-0.2, 0) is 38.4 Å². The number of benzene rings is 2. The molecule has 6 atom stereocenters. The number of nitrogens with two attached hydrogens (primary N) is 1. The molecule has 0 spiro atoms. The number of aryl methyl sites for hydroxylation is 2. The molecule has 3 aliphatic rings. The van der Waals surface area contributed by atoms with Gasteiger partial charge in [-0.3, -0.25) is 28.9 Å². The summed E-state index contributed by atoms with van der Waals surface area (Å²) in [7, 11) is 3.11. The number of rotatable bonds is 6. The van der Waals surface area contributed by atoms with E-state index in [-0.39, 0.29) is 29.9 Å². The summed E-state index contributed by atoms with van der Waals surface area (Å²) in [5.74, 6) is -10.3. The highest BCUT2D eigenvalue weighted by Crippen LogP contribution is 2.51. The van der Waals surface area contributed by atoms with E-state index >= 15 is 0 Å². The predicted octanol–water partition coefficient (Wildman–Crippen LogP) is 0.748. The van der Waals surface area contributed by atoms with Gasteiger partial charge in [-0.15, -0.1) is 0 Å². The van der Waals surface area contributed by atoms with Gasteiger partial charge >= 0.3 is 0 Å². The van der Waals surface area contributed by atoms with E-state index in [1.54, 1.807) is 32.3 Å². The molecule has 2 fully saturated rings. The van der Waals surface area contributed by atoms with Crippen LogP contribution in [0.15, 0.2) is 36.4 Å². The van der Waals surface area contributed by atoms with E-state index in [1.807, 2.05) is 12.1 Å². The number of primary amides is 1. The Kier molecular flexibility index (Phi) is 6.87. The van der Waals surface area contributed by atoms with Crippen LogP contribution in [0, 0.1) is 23.7 Å². The molecule has 0 saturated heterocycles. The molecule has 2 unspecified atom stereocenters. The molecule has 5 rings (SSSR count). The Morgan fingerprint density at radius 1 is 1.00 bits per heavy atom. The van der Waals surface area contributed by atoms with Gasteiger partial charge in [-0.2, -0.15) is 0 Å². The van der Waals surface area contributed by atoms with Crippen molar-refractivity contribution < 1.29 is 39.3 Å². The molecule has 3 aliphatic carbocycles. The SMILES string of the molecule is CN(C)[C@H]1C(=O)C(C(N)=O)C(=O)[C@]2(O)C(=O)C3C(=O)c4c(O)ccc(CCCc5ccc(O)cc5)c4C[C@@H]3C[C@H]12. The maximum Gasteiger partial charge on any atom is 0.235 e. The first-order chi connectivity index (χ1) is 18.9. The summed E-state index contributed by atoms with van der Waals surface area (Å²) < 4.78 is 0. The van der Waals surface area contributed by atoms with Crippen LogP contribution >= 0.6 is 0 Å². The summed E-state index contributed by atoms with van der Waals surface area (Å²) in [5.41, 5.74) is 5.14. The molecule has 0 bridgehead atoms. The monoisotopic (exact) mass is 548 g/mol. The number of carbonyl (C=O) groups excluding carboxylic acids is 5. The fourth-order valence-electron chi connectivity index (χ4n) is 7.05. The summed E-state index contributed by atoms with van der Waals surface area (Å²) in [5, 5.41) is 31.8. The number of amides is 1. The Morgan fingerprint density at radius 3 is 2.30 bits per heavy atom. The average Bonchev–Trinajstić information content (AvgIpc) is 2.88. The van der Waals surface area contributed by atoms with Crippen LogP contribution in [0.3, 0.4) is 0 Å². The summed E-state index contributed by atoms with van der Waals surface area (Å²) in [6, 6.07) is 8.94. The lowest BCUT2D eigenvalue weighted by atomic mass is 9.52. The van der Waals surface area contributed by atoms with E-state index in [2.05, 4.69) is 0 Å². The first kappa shape index (κ1) is 27.7. The number of nitrogens with zero attached hydrogens (tertiary/aromatic N) is 1. The zero-order valence-electron chi connectivity index (χ0n) is 22.3. The number of fused-ring (bicyclic) bond motifs is 3. The minimum Gasteiger partial charge on any atom is -0.508 e. The van der Waals surface area contributed by atoms with Crippen molar-refractivity contribution in [3.63, 3.8) is 0 Å². The number of ketones is 4. The van der Waals surface area contributed by atoms with Crippen molar-refractivity contribution >= 4 is 29.0 Å². The number of likely N-dealkylation sites (N-methyl/N-ethyl adjacent to an activating group) is 1. The molecule has 0 heterocycles. The van der Waals surface area contributed by atoms with Gasteiger partial charge in [0.05, 0.1) is 17.5 Å². The van der Waals surface area contributed by atoms with Crippen molar-refractivity contribution in [2.24, 2.45) is 29.4 Å². The van der Waals surface area contributed by atoms with E-state index in [0.717, 1.165) is 24.0 Å². The Hall–Kier alpha value is -3.89. The number of hydrogen-bond acceptors (Lipinski definition) is 9. The van der Waals surface area contributed by atoms with Crippen LogP contribution in [-0.4, -0.2) is 75.0 Å². The van der Waals surface area contributed by atoms with Crippen LogP contribution in [0.2, 0.25) is 0 Å². The van der Waals surface area contributed by atoms with Crippen molar-refractivity contribution in [1.29, 1.82) is 0 Å². The molecular formula is C30H32N2O8. The van der Waals surface area contributed by atoms with Crippen molar-refractivity contribution in [3.8, 4) is 11.5 Å². The van der Waals surface area contributed by atoms with Crippen LogP contribution in [0.5, 0.6) is 11.5 Å². The predicted molar refractivity (Wildman–Crippen MR) is 141 cm³/mol. The lowest BCUT2D eigenvalue weighted by Crippen LogP contribution is -2.74. The number of aliphatic hydroxyl groups is 1. The number of carbonyl (C=O) groups is 5. The van der Waals surface area contributed by atoms with Gasteiger partial charge in [-0.1, -0.05) is 18.2 Å². The first-order valence-electron chi connectivity index (χ1n) is 13.3. The number of phenolic OH excluding ortho intramolecular Hbond substituents is 2. The van der Waals surface area contributed by atoms with Gasteiger partial charge < -0.3 is 21.1 Å². The third-order valence-corrected chi connectivity index (χ3v) is 8.89. The summed E-state index contributed by atoms with van der Waals surface area (Å²) >= 11 is 0. The van der Waals surface area contributed by atoms with Gasteiger partial charge in [-0.25, -0.2) is 0 Å². The smallest absolute Gasteiger partial charge is 0.235 e. The summed E-state index contributed by atoms with van der Waals surface area (Å²) in [6.45, 7) is 0. The third-order valence-electron chi connectivity index (χ3n) is 8.89. The molecule has 40 heavy (non-hydrogen) atoms. The van der Waals surface area contributed by atoms with E-state index in [9.17, 15) is 39.3 Å². The number of phenols is 2. The fourth-order valence-corrected chi connectivity index (χ4v) is 7.05. The molecule has 10 nitrogen and oxygen atoms in total. The van der Waals surface area contributed by atoms with E-state index in [0.29, 0.717) is 12.0 Å². The van der Waals surface area contributed by atoms with Gasteiger partial charge in [0, 0.05) is 5.92 Å². The van der Waals surface area contributed by atoms with Gasteiger partial charge in [0.25, 0.3) is 0 Å². The maximum absolute atomic E-state index is 13.9. The Morgan fingerprint density at radius 2 is 1.68 bits per heavy atom. The number of hydrogen-bond donors (Lipinski definition) is 4. The lowest BCUT2D eigenvalue weighted by Gasteiger charge is -2.52. The second-order valence-corrected chi connectivity index (χ2v) is 11.4. The molecule has 2 saturated carbocycles. The van der Waals surface area contributed by atoms with Gasteiger partial charge in [0.1, 0.15) is 11.5 Å². The number of aromatic hydroxyl groups is 2. The zero-order valence-corrected chi connectivity index (χ0v) is 22.3. The highest BCUT2D eigenvalue weighted by molar-refractivity contribution is 6.32. The molecule has 10 heteroatoms. The molecule has 5 N–H and O–H groups in total. The summed E-state index contributed by atoms with van der Waals surface area (Å²) in [4.78, 5) is 67.7. The fraction of sp³-hybridized carbons (Fsp3) is 0.433. The molecule has 1 amide bonds. The first-order valence-corrected chi connectivity index (χ1v) is 13.3. The average molecular weight is 549 g/mol. The van der Waals surface area contributed by atoms with Gasteiger partial charge in [0.2, 0.25) is 5.91 Å².